The van der Waals surface area contributed by atoms with Gasteiger partial charge < -0.3 is 5.32 Å². The zero-order chi connectivity index (χ0) is 22.4. The van der Waals surface area contributed by atoms with E-state index in [1.54, 1.807) is 18.7 Å². The van der Waals surface area contributed by atoms with E-state index < -0.39 is 14.9 Å². The van der Waals surface area contributed by atoms with Crippen molar-refractivity contribution in [3.63, 3.8) is 0 Å². The van der Waals surface area contributed by atoms with Gasteiger partial charge in [0.25, 0.3) is 5.69 Å². The number of piperidine rings is 1. The highest BCUT2D eigenvalue weighted by Gasteiger charge is 2.33. The summed E-state index contributed by atoms with van der Waals surface area (Å²) in [6, 6.07) is 13.8. The zero-order valence-electron chi connectivity index (χ0n) is 17.2. The first-order valence-electron chi connectivity index (χ1n) is 10.00. The number of rotatable bonds is 8. The number of sulfonamides is 1. The standard InChI is InChI=1S/C21H25N3O5S2/c1-16-7-8-18(24(26)27)15-20(16)31(28,29)23-12-9-17(10-13-23)21(25)22-11-14-30-19-5-3-2-4-6-19/h2-8,15,17H,9-14H2,1H3,(H,22,25). The molecule has 0 atom stereocenters. The molecule has 1 aliphatic heterocycles. The molecule has 0 radical (unpaired) electrons. The van der Waals surface area contributed by atoms with E-state index in [9.17, 15) is 23.3 Å². The quantitative estimate of drug-likeness (QED) is 0.279. The highest BCUT2D eigenvalue weighted by Crippen LogP contribution is 2.28. The number of carbonyl (C=O) groups is 1. The summed E-state index contributed by atoms with van der Waals surface area (Å²) in [5, 5.41) is 14.0. The molecule has 10 heteroatoms. The Labute approximate surface area is 186 Å². The first kappa shape index (κ1) is 23.2. The third-order valence-corrected chi connectivity index (χ3v) is 8.29. The fraction of sp³-hybridized carbons (Fsp3) is 0.381. The van der Waals surface area contributed by atoms with Crippen molar-refractivity contribution in [3.8, 4) is 0 Å². The number of aryl methyl sites for hydroxylation is 1. The molecule has 0 unspecified atom stereocenters. The van der Waals surface area contributed by atoms with Crippen LogP contribution in [0.15, 0.2) is 58.3 Å². The molecule has 1 N–H and O–H groups in total. The summed E-state index contributed by atoms with van der Waals surface area (Å²) in [5.74, 6) is 0.464. The van der Waals surface area contributed by atoms with E-state index in [1.807, 2.05) is 30.3 Å². The average Bonchev–Trinajstić information content (AvgIpc) is 2.77. The Morgan fingerprint density at radius 3 is 2.52 bits per heavy atom. The van der Waals surface area contributed by atoms with Gasteiger partial charge in [0.15, 0.2) is 0 Å². The van der Waals surface area contributed by atoms with Gasteiger partial charge in [0.05, 0.1) is 9.82 Å². The number of non-ortho nitro benzene ring substituents is 1. The second-order valence-corrected chi connectivity index (χ2v) is 10.4. The van der Waals surface area contributed by atoms with Crippen LogP contribution in [-0.2, 0) is 14.8 Å². The van der Waals surface area contributed by atoms with Crippen LogP contribution in [0.2, 0.25) is 0 Å². The molecule has 8 nitrogen and oxygen atoms in total. The molecule has 1 amide bonds. The molecule has 0 aliphatic carbocycles. The summed E-state index contributed by atoms with van der Waals surface area (Å²) in [4.78, 5) is 24.0. The van der Waals surface area contributed by atoms with Crippen LogP contribution in [0.1, 0.15) is 18.4 Å². The predicted molar refractivity (Wildman–Crippen MR) is 119 cm³/mol. The maximum absolute atomic E-state index is 13.0. The molecule has 1 aliphatic rings. The number of nitrogens with one attached hydrogen (secondary N) is 1. The molecule has 166 valence electrons. The van der Waals surface area contributed by atoms with E-state index in [2.05, 4.69) is 5.32 Å². The molecule has 1 saturated heterocycles. The number of benzene rings is 2. The van der Waals surface area contributed by atoms with E-state index in [4.69, 9.17) is 0 Å². The van der Waals surface area contributed by atoms with Crippen molar-refractivity contribution in [1.82, 2.24) is 9.62 Å². The smallest absolute Gasteiger partial charge is 0.270 e. The highest BCUT2D eigenvalue weighted by atomic mass is 32.2. The van der Waals surface area contributed by atoms with Gasteiger partial charge in [-0.25, -0.2) is 8.42 Å². The highest BCUT2D eigenvalue weighted by molar-refractivity contribution is 7.99. The number of amides is 1. The molecular weight excluding hydrogens is 438 g/mol. The molecular formula is C21H25N3O5S2. The van der Waals surface area contributed by atoms with Crippen molar-refractivity contribution in [2.24, 2.45) is 5.92 Å². The maximum Gasteiger partial charge on any atom is 0.270 e. The molecule has 1 fully saturated rings. The zero-order valence-corrected chi connectivity index (χ0v) is 18.8. The molecule has 2 aromatic rings. The fourth-order valence-electron chi connectivity index (χ4n) is 3.48. The van der Waals surface area contributed by atoms with Crippen molar-refractivity contribution in [2.45, 2.75) is 29.6 Å². The summed E-state index contributed by atoms with van der Waals surface area (Å²) in [7, 11) is -3.86. The van der Waals surface area contributed by atoms with Crippen LogP contribution in [0, 0.1) is 23.0 Å². The van der Waals surface area contributed by atoms with E-state index in [0.29, 0.717) is 24.9 Å². The average molecular weight is 464 g/mol. The van der Waals surface area contributed by atoms with Crippen LogP contribution in [0.25, 0.3) is 0 Å². The van der Waals surface area contributed by atoms with Crippen LogP contribution < -0.4 is 5.32 Å². The molecule has 0 spiro atoms. The first-order valence-corrected chi connectivity index (χ1v) is 12.4. The maximum atomic E-state index is 13.0. The molecule has 1 heterocycles. The summed E-state index contributed by atoms with van der Waals surface area (Å²) in [6.07, 6.45) is 0.843. The summed E-state index contributed by atoms with van der Waals surface area (Å²) < 4.78 is 27.3. The second kappa shape index (κ2) is 10.3. The molecule has 31 heavy (non-hydrogen) atoms. The number of thioether (sulfide) groups is 1. The van der Waals surface area contributed by atoms with Gasteiger partial charge in [-0.05, 0) is 37.5 Å². The topological polar surface area (TPSA) is 110 Å². The van der Waals surface area contributed by atoms with Gasteiger partial charge in [0.1, 0.15) is 0 Å². The van der Waals surface area contributed by atoms with Crippen LogP contribution >= 0.6 is 11.8 Å². The molecule has 0 aromatic heterocycles. The van der Waals surface area contributed by atoms with Crippen molar-refractivity contribution >= 4 is 33.4 Å². The van der Waals surface area contributed by atoms with Crippen molar-refractivity contribution in [2.75, 3.05) is 25.4 Å². The minimum Gasteiger partial charge on any atom is -0.355 e. The summed E-state index contributed by atoms with van der Waals surface area (Å²) >= 11 is 1.66. The van der Waals surface area contributed by atoms with Crippen LogP contribution in [0.3, 0.4) is 0 Å². The lowest BCUT2D eigenvalue weighted by Crippen LogP contribution is -2.43. The fourth-order valence-corrected chi connectivity index (χ4v) is 5.99. The molecule has 2 aromatic carbocycles. The molecule has 0 saturated carbocycles. The lowest BCUT2D eigenvalue weighted by atomic mass is 9.97. The van der Waals surface area contributed by atoms with E-state index in [1.165, 1.54) is 16.4 Å². The number of nitro benzene ring substituents is 1. The normalized spacial score (nSPS) is 15.5. The van der Waals surface area contributed by atoms with Crippen molar-refractivity contribution in [1.29, 1.82) is 0 Å². The number of carbonyl (C=O) groups excluding carboxylic acids is 1. The van der Waals surface area contributed by atoms with Gasteiger partial charge in [0.2, 0.25) is 15.9 Å². The van der Waals surface area contributed by atoms with Gasteiger partial charge >= 0.3 is 0 Å². The monoisotopic (exact) mass is 463 g/mol. The summed E-state index contributed by atoms with van der Waals surface area (Å²) in [5.41, 5.74) is 0.202. The van der Waals surface area contributed by atoms with Gasteiger partial charge in [-0.3, -0.25) is 14.9 Å². The molecule has 0 bridgehead atoms. The third kappa shape index (κ3) is 5.84. The van der Waals surface area contributed by atoms with Crippen LogP contribution in [0.4, 0.5) is 5.69 Å². The number of nitrogens with zero attached hydrogens (tertiary/aromatic N) is 2. The van der Waals surface area contributed by atoms with Crippen molar-refractivity contribution < 1.29 is 18.1 Å². The van der Waals surface area contributed by atoms with Crippen LogP contribution in [0.5, 0.6) is 0 Å². The Kier molecular flexibility index (Phi) is 7.69. The van der Waals surface area contributed by atoms with Gasteiger partial charge in [-0.15, -0.1) is 11.8 Å². The van der Waals surface area contributed by atoms with Gasteiger partial charge in [0, 0.05) is 48.3 Å². The SMILES string of the molecule is Cc1ccc([N+](=O)[O-])cc1S(=O)(=O)N1CCC(C(=O)NCCSc2ccccc2)CC1. The summed E-state index contributed by atoms with van der Waals surface area (Å²) in [6.45, 7) is 2.58. The van der Waals surface area contributed by atoms with E-state index in [-0.39, 0.29) is 35.5 Å². The number of hydrogen-bond donors (Lipinski definition) is 1. The second-order valence-electron chi connectivity index (χ2n) is 7.34. The van der Waals surface area contributed by atoms with Crippen molar-refractivity contribution in [3.05, 3.63) is 64.2 Å². The third-order valence-electron chi connectivity index (χ3n) is 5.24. The lowest BCUT2D eigenvalue weighted by molar-refractivity contribution is -0.385. The van der Waals surface area contributed by atoms with Gasteiger partial charge in [-0.2, -0.15) is 4.31 Å². The minimum atomic E-state index is -3.86. The number of hydrogen-bond acceptors (Lipinski definition) is 6. The Morgan fingerprint density at radius 2 is 1.87 bits per heavy atom. The minimum absolute atomic E-state index is 0.0532. The van der Waals surface area contributed by atoms with Gasteiger partial charge in [-0.1, -0.05) is 24.3 Å². The Hall–Kier alpha value is -2.43. The van der Waals surface area contributed by atoms with E-state index >= 15 is 0 Å². The number of nitro groups is 1. The predicted octanol–water partition coefficient (Wildman–Crippen LogP) is 3.21. The Morgan fingerprint density at radius 1 is 1.19 bits per heavy atom. The van der Waals surface area contributed by atoms with E-state index in [0.717, 1.165) is 16.7 Å². The lowest BCUT2D eigenvalue weighted by Gasteiger charge is -2.30. The first-order chi connectivity index (χ1) is 14.8. The Balaban J connectivity index is 1.52. The molecule has 3 rings (SSSR count). The van der Waals surface area contributed by atoms with Crippen LogP contribution in [-0.4, -0.2) is 48.9 Å². The Bertz CT molecular complexity index is 1040. The largest absolute Gasteiger partial charge is 0.355 e.